The van der Waals surface area contributed by atoms with Crippen molar-refractivity contribution in [2.24, 2.45) is 5.92 Å². The van der Waals surface area contributed by atoms with Gasteiger partial charge in [-0.2, -0.15) is 0 Å². The molecule has 1 unspecified atom stereocenters. The first-order valence-electron chi connectivity index (χ1n) is 12.5. The predicted octanol–water partition coefficient (Wildman–Crippen LogP) is 5.43. The van der Waals surface area contributed by atoms with Gasteiger partial charge in [0.1, 0.15) is 17.7 Å². The van der Waals surface area contributed by atoms with E-state index in [0.29, 0.717) is 17.9 Å². The van der Waals surface area contributed by atoms with Gasteiger partial charge in [-0.1, -0.05) is 37.3 Å². The summed E-state index contributed by atoms with van der Waals surface area (Å²) in [5, 5.41) is 9.27. The average molecular weight is 491 g/mol. The average Bonchev–Trinajstić information content (AvgIpc) is 2.86. The minimum absolute atomic E-state index is 0.120. The molecule has 0 aliphatic carbocycles. The number of halogens is 1. The Bertz CT molecular complexity index is 1270. The van der Waals surface area contributed by atoms with Crippen molar-refractivity contribution in [3.8, 4) is 22.8 Å². The van der Waals surface area contributed by atoms with E-state index in [1.807, 2.05) is 30.3 Å². The lowest BCUT2D eigenvalue weighted by Gasteiger charge is -2.32. The van der Waals surface area contributed by atoms with Crippen LogP contribution in [0.3, 0.4) is 0 Å². The van der Waals surface area contributed by atoms with E-state index in [9.17, 15) is 14.3 Å². The summed E-state index contributed by atoms with van der Waals surface area (Å²) in [5.41, 5.74) is 5.53. The molecule has 188 valence electrons. The number of rotatable bonds is 8. The quantitative estimate of drug-likeness (QED) is 0.454. The number of ether oxygens (including phenoxy) is 2. The van der Waals surface area contributed by atoms with Crippen molar-refractivity contribution < 1.29 is 23.8 Å². The normalized spacial score (nSPS) is 18.0. The van der Waals surface area contributed by atoms with E-state index in [2.05, 4.69) is 16.0 Å². The molecule has 6 nitrogen and oxygen atoms in total. The topological polar surface area (TPSA) is 71.9 Å². The Labute approximate surface area is 210 Å². The van der Waals surface area contributed by atoms with Crippen LogP contribution >= 0.6 is 0 Å². The van der Waals surface area contributed by atoms with E-state index >= 15 is 0 Å². The number of pyridine rings is 1. The molecule has 0 saturated carbocycles. The summed E-state index contributed by atoms with van der Waals surface area (Å²) in [6.45, 7) is 4.54. The Morgan fingerprint density at radius 1 is 1.22 bits per heavy atom. The smallest absolute Gasteiger partial charge is 0.306 e. The fourth-order valence-corrected chi connectivity index (χ4v) is 4.94. The maximum Gasteiger partial charge on any atom is 0.306 e. The maximum absolute atomic E-state index is 14.8. The number of hydrogen-bond donors (Lipinski definition) is 1. The van der Waals surface area contributed by atoms with Gasteiger partial charge in [-0.15, -0.1) is 0 Å². The van der Waals surface area contributed by atoms with E-state index in [0.717, 1.165) is 66.0 Å². The summed E-state index contributed by atoms with van der Waals surface area (Å²) in [6, 6.07) is 13.8. The van der Waals surface area contributed by atoms with Crippen LogP contribution in [0, 0.1) is 11.7 Å². The van der Waals surface area contributed by atoms with Gasteiger partial charge in [-0.25, -0.2) is 9.37 Å². The van der Waals surface area contributed by atoms with Crippen molar-refractivity contribution in [2.75, 3.05) is 20.2 Å². The lowest BCUT2D eigenvalue weighted by molar-refractivity contribution is -0.141. The largest absolute Gasteiger partial charge is 0.485 e. The molecule has 0 amide bonds. The van der Waals surface area contributed by atoms with E-state index in [-0.39, 0.29) is 11.9 Å². The number of carboxylic acids is 1. The molecular formula is C29H31FN2O4. The first-order chi connectivity index (χ1) is 17.4. The Morgan fingerprint density at radius 3 is 2.78 bits per heavy atom. The predicted molar refractivity (Wildman–Crippen MR) is 135 cm³/mol. The van der Waals surface area contributed by atoms with Crippen LogP contribution < -0.4 is 9.47 Å². The minimum Gasteiger partial charge on any atom is -0.485 e. The molecule has 1 N–H and O–H groups in total. The number of fused-ring (bicyclic) bond motifs is 1. The summed E-state index contributed by atoms with van der Waals surface area (Å²) in [7, 11) is 1.53. The number of benzene rings is 2. The summed E-state index contributed by atoms with van der Waals surface area (Å²) in [5.74, 6) is -0.430. The van der Waals surface area contributed by atoms with Crippen LogP contribution in [0.5, 0.6) is 11.6 Å². The highest BCUT2D eigenvalue weighted by Crippen LogP contribution is 2.38. The molecule has 3 heterocycles. The summed E-state index contributed by atoms with van der Waals surface area (Å²) in [6.07, 6.45) is 4.46. The zero-order valence-corrected chi connectivity index (χ0v) is 20.7. The number of aromatic nitrogens is 1. The third kappa shape index (κ3) is 5.07. The van der Waals surface area contributed by atoms with Crippen LogP contribution in [0.15, 0.2) is 48.7 Å². The molecule has 2 aliphatic heterocycles. The molecule has 3 aromatic rings. The first kappa shape index (κ1) is 24.3. The molecule has 36 heavy (non-hydrogen) atoms. The van der Waals surface area contributed by atoms with Crippen molar-refractivity contribution in [3.05, 3.63) is 76.7 Å². The number of likely N-dealkylation sites (tertiary alicyclic amines) is 1. The second-order valence-corrected chi connectivity index (χ2v) is 9.78. The zero-order chi connectivity index (χ0) is 25.2. The van der Waals surface area contributed by atoms with Gasteiger partial charge in [0.2, 0.25) is 5.88 Å². The molecule has 1 fully saturated rings. The number of aryl methyl sites for hydroxylation is 1. The Kier molecular flexibility index (Phi) is 6.92. The Hall–Kier alpha value is -3.45. The van der Waals surface area contributed by atoms with Crippen molar-refractivity contribution >= 4 is 5.97 Å². The highest BCUT2D eigenvalue weighted by atomic mass is 19.1. The molecule has 5 rings (SSSR count). The SMILES string of the molecule is COc1cc(-c2ccc(C3CCc4ccc(C[C@H](C)C(=O)O)cc4O3)cc2CN2CCC2)c(F)cn1. The third-order valence-corrected chi connectivity index (χ3v) is 7.21. The van der Waals surface area contributed by atoms with E-state index < -0.39 is 11.9 Å². The second-order valence-electron chi connectivity index (χ2n) is 9.78. The van der Waals surface area contributed by atoms with Crippen molar-refractivity contribution in [1.82, 2.24) is 9.88 Å². The van der Waals surface area contributed by atoms with Gasteiger partial charge in [0.25, 0.3) is 0 Å². The number of carbonyl (C=O) groups is 1. The summed E-state index contributed by atoms with van der Waals surface area (Å²) < 4.78 is 26.5. The van der Waals surface area contributed by atoms with Crippen molar-refractivity contribution in [3.63, 3.8) is 0 Å². The molecule has 0 spiro atoms. The molecular weight excluding hydrogens is 459 g/mol. The second kappa shape index (κ2) is 10.3. The molecule has 2 aliphatic rings. The zero-order valence-electron chi connectivity index (χ0n) is 20.7. The van der Waals surface area contributed by atoms with Gasteiger partial charge in [0.05, 0.1) is 19.2 Å². The van der Waals surface area contributed by atoms with Crippen LogP contribution in [0.25, 0.3) is 11.1 Å². The van der Waals surface area contributed by atoms with Gasteiger partial charge in [-0.3, -0.25) is 9.69 Å². The maximum atomic E-state index is 14.8. The lowest BCUT2D eigenvalue weighted by atomic mass is 9.91. The van der Waals surface area contributed by atoms with Gasteiger partial charge >= 0.3 is 5.97 Å². The molecule has 0 radical (unpaired) electrons. The van der Waals surface area contributed by atoms with Gasteiger partial charge in [-0.05, 0) is 72.7 Å². The van der Waals surface area contributed by atoms with Crippen LogP contribution in [0.4, 0.5) is 4.39 Å². The Balaban J connectivity index is 1.44. The molecule has 7 heteroatoms. The molecule has 1 saturated heterocycles. The van der Waals surface area contributed by atoms with Crippen LogP contribution in [0.1, 0.15) is 48.1 Å². The van der Waals surface area contributed by atoms with E-state index in [4.69, 9.17) is 9.47 Å². The first-order valence-corrected chi connectivity index (χ1v) is 12.5. The fraction of sp³-hybridized carbons (Fsp3) is 0.379. The number of hydrogen-bond acceptors (Lipinski definition) is 5. The summed E-state index contributed by atoms with van der Waals surface area (Å²) >= 11 is 0. The highest BCUT2D eigenvalue weighted by Gasteiger charge is 2.25. The van der Waals surface area contributed by atoms with Crippen LogP contribution in [-0.4, -0.2) is 41.2 Å². The standard InChI is InChI=1S/C29H31FN2O4/c1-18(29(33)34)12-19-4-5-20-7-9-26(36-27(20)13-19)21-6-8-23(22(14-21)17-32-10-3-11-32)24-15-28(35-2)31-16-25(24)30/h4-6,8,13-16,18,26H,3,7,9-12,17H2,1-2H3,(H,33,34)/t18-,26?/m0/s1. The number of carboxylic acid groups (broad SMARTS) is 1. The Morgan fingerprint density at radius 2 is 2.06 bits per heavy atom. The van der Waals surface area contributed by atoms with Gasteiger partial charge in [0.15, 0.2) is 0 Å². The third-order valence-electron chi connectivity index (χ3n) is 7.21. The highest BCUT2D eigenvalue weighted by molar-refractivity contribution is 5.70. The number of methoxy groups -OCH3 is 1. The van der Waals surface area contributed by atoms with E-state index in [1.54, 1.807) is 13.0 Å². The van der Waals surface area contributed by atoms with E-state index in [1.165, 1.54) is 19.7 Å². The molecule has 0 bridgehead atoms. The number of nitrogens with zero attached hydrogens (tertiary/aromatic N) is 2. The fourth-order valence-electron chi connectivity index (χ4n) is 4.94. The van der Waals surface area contributed by atoms with Crippen LogP contribution in [0.2, 0.25) is 0 Å². The monoisotopic (exact) mass is 490 g/mol. The summed E-state index contributed by atoms with van der Waals surface area (Å²) in [4.78, 5) is 17.6. The van der Waals surface area contributed by atoms with Gasteiger partial charge in [0, 0.05) is 18.2 Å². The van der Waals surface area contributed by atoms with Gasteiger partial charge < -0.3 is 14.6 Å². The molecule has 2 atom stereocenters. The number of aliphatic carboxylic acids is 1. The van der Waals surface area contributed by atoms with Crippen molar-refractivity contribution in [1.29, 1.82) is 0 Å². The lowest BCUT2D eigenvalue weighted by Crippen LogP contribution is -2.36. The molecule has 2 aromatic carbocycles. The minimum atomic E-state index is -0.801. The van der Waals surface area contributed by atoms with Crippen LogP contribution in [-0.2, 0) is 24.2 Å². The molecule has 1 aromatic heterocycles. The van der Waals surface area contributed by atoms with Crippen molar-refractivity contribution in [2.45, 2.75) is 45.3 Å².